The van der Waals surface area contributed by atoms with Crippen molar-refractivity contribution in [3.8, 4) is 0 Å². The molecule has 4 atom stereocenters. The van der Waals surface area contributed by atoms with Gasteiger partial charge in [-0.1, -0.05) is 12.1 Å². The number of amides is 2. The monoisotopic (exact) mass is 468 g/mol. The summed E-state index contributed by atoms with van der Waals surface area (Å²) in [5, 5.41) is 0. The number of nitrogens with zero attached hydrogens (tertiary/aromatic N) is 2. The highest BCUT2D eigenvalue weighted by Gasteiger charge is 2.79. The van der Waals surface area contributed by atoms with Crippen LogP contribution in [0.25, 0.3) is 0 Å². The van der Waals surface area contributed by atoms with Crippen molar-refractivity contribution in [1.29, 1.82) is 0 Å². The van der Waals surface area contributed by atoms with Crippen molar-refractivity contribution in [2.75, 3.05) is 25.7 Å². The van der Waals surface area contributed by atoms with Gasteiger partial charge in [0, 0.05) is 24.9 Å². The number of anilines is 1. The Labute approximate surface area is 197 Å². The molecule has 3 aliphatic heterocycles. The molecular formula is C25H28N2O7. The minimum atomic E-state index is -1.50. The summed E-state index contributed by atoms with van der Waals surface area (Å²) in [6.45, 7) is 1.24. The van der Waals surface area contributed by atoms with Crippen molar-refractivity contribution in [2.24, 2.45) is 5.41 Å². The number of ketones is 1. The van der Waals surface area contributed by atoms with Crippen molar-refractivity contribution in [1.82, 2.24) is 4.90 Å². The maximum Gasteiger partial charge on any atom is 0.415 e. The zero-order valence-electron chi connectivity index (χ0n) is 19.4. The summed E-state index contributed by atoms with van der Waals surface area (Å²) in [6.07, 6.45) is 3.06. The predicted molar refractivity (Wildman–Crippen MR) is 118 cm³/mol. The molecule has 3 fully saturated rings. The van der Waals surface area contributed by atoms with E-state index < -0.39 is 34.5 Å². The third-order valence-corrected chi connectivity index (χ3v) is 9.20. The van der Waals surface area contributed by atoms with Crippen molar-refractivity contribution < 1.29 is 33.4 Å². The van der Waals surface area contributed by atoms with Gasteiger partial charge in [0.15, 0.2) is 5.54 Å². The summed E-state index contributed by atoms with van der Waals surface area (Å²) in [5.74, 6) is -0.534. The molecule has 0 radical (unpaired) electrons. The molecule has 1 saturated heterocycles. The zero-order valence-corrected chi connectivity index (χ0v) is 19.4. The van der Waals surface area contributed by atoms with Crippen LogP contribution in [0.3, 0.4) is 0 Å². The highest BCUT2D eigenvalue weighted by Crippen LogP contribution is 2.70. The minimum absolute atomic E-state index is 0.0476. The number of hydrogen-bond acceptors (Lipinski definition) is 7. The second-order valence-electron chi connectivity index (χ2n) is 10.3. The number of rotatable bonds is 2. The second-order valence-corrected chi connectivity index (χ2v) is 10.3. The quantitative estimate of drug-likeness (QED) is 0.484. The Morgan fingerprint density at radius 2 is 1.94 bits per heavy atom. The first-order valence-electron chi connectivity index (χ1n) is 11.8. The van der Waals surface area contributed by atoms with Gasteiger partial charge in [-0.25, -0.2) is 9.59 Å². The molecule has 3 heterocycles. The van der Waals surface area contributed by atoms with E-state index in [1.807, 2.05) is 12.1 Å². The number of piperidine rings is 1. The predicted octanol–water partition coefficient (Wildman–Crippen LogP) is 2.22. The van der Waals surface area contributed by atoms with Crippen LogP contribution in [0.2, 0.25) is 0 Å². The molecule has 6 rings (SSSR count). The number of carbonyl (C=O) groups is 4. The molecule has 1 aromatic rings. The summed E-state index contributed by atoms with van der Waals surface area (Å²) in [5.41, 5.74) is 0.00960. The minimum Gasteiger partial charge on any atom is -0.467 e. The Hall–Kier alpha value is -2.94. The summed E-state index contributed by atoms with van der Waals surface area (Å²) in [6, 6.07) is 3.48. The average molecular weight is 469 g/mol. The third-order valence-electron chi connectivity index (χ3n) is 9.20. The highest BCUT2D eigenvalue weighted by molar-refractivity contribution is 6.07. The van der Waals surface area contributed by atoms with E-state index in [4.69, 9.17) is 14.2 Å². The number of likely N-dealkylation sites (tertiary alicyclic amines) is 1. The van der Waals surface area contributed by atoms with Crippen molar-refractivity contribution in [3.05, 3.63) is 28.8 Å². The topological polar surface area (TPSA) is 102 Å². The first kappa shape index (κ1) is 21.6. The Balaban J connectivity index is 1.75. The van der Waals surface area contributed by atoms with Gasteiger partial charge in [-0.15, -0.1) is 0 Å². The first-order chi connectivity index (χ1) is 16.4. The van der Waals surface area contributed by atoms with E-state index >= 15 is 0 Å². The van der Waals surface area contributed by atoms with E-state index in [0.29, 0.717) is 44.7 Å². The highest BCUT2D eigenvalue weighted by atomic mass is 16.6. The van der Waals surface area contributed by atoms with Crippen LogP contribution >= 0.6 is 0 Å². The number of ether oxygens (including phenoxy) is 3. The molecule has 180 valence electrons. The van der Waals surface area contributed by atoms with Crippen molar-refractivity contribution in [2.45, 2.75) is 68.7 Å². The molecular weight excluding hydrogens is 440 g/mol. The molecule has 0 unspecified atom stereocenters. The molecule has 5 aliphatic rings. The largest absolute Gasteiger partial charge is 0.467 e. The molecule has 2 aliphatic carbocycles. The molecule has 34 heavy (non-hydrogen) atoms. The molecule has 0 N–H and O–H groups in total. The first-order valence-corrected chi connectivity index (χ1v) is 11.8. The van der Waals surface area contributed by atoms with Crippen LogP contribution in [0.1, 0.15) is 55.2 Å². The van der Waals surface area contributed by atoms with Gasteiger partial charge in [-0.2, -0.15) is 0 Å². The number of benzene rings is 1. The maximum atomic E-state index is 13.9. The van der Waals surface area contributed by atoms with Crippen LogP contribution < -0.4 is 4.90 Å². The van der Waals surface area contributed by atoms with Crippen molar-refractivity contribution >= 4 is 29.9 Å². The van der Waals surface area contributed by atoms with Crippen LogP contribution in [-0.4, -0.2) is 61.5 Å². The fraction of sp³-hybridized carbons (Fsp3) is 0.600. The Morgan fingerprint density at radius 3 is 2.68 bits per heavy atom. The Kier molecular flexibility index (Phi) is 4.47. The Morgan fingerprint density at radius 1 is 1.12 bits per heavy atom. The van der Waals surface area contributed by atoms with E-state index in [1.165, 1.54) is 19.1 Å². The molecule has 2 saturated carbocycles. The van der Waals surface area contributed by atoms with Gasteiger partial charge in [-0.05, 0) is 42.2 Å². The van der Waals surface area contributed by atoms with Gasteiger partial charge >= 0.3 is 12.1 Å². The van der Waals surface area contributed by atoms with Crippen molar-refractivity contribution in [3.63, 3.8) is 0 Å². The van der Waals surface area contributed by atoms with Gasteiger partial charge < -0.3 is 19.1 Å². The molecule has 0 aromatic heterocycles. The van der Waals surface area contributed by atoms with E-state index in [1.54, 1.807) is 4.90 Å². The number of methoxy groups -OCH3 is 2. The van der Waals surface area contributed by atoms with Gasteiger partial charge in [0.2, 0.25) is 6.41 Å². The van der Waals surface area contributed by atoms with Gasteiger partial charge in [0.25, 0.3) is 0 Å². The number of fused-ring (bicyclic) bond motifs is 3. The summed E-state index contributed by atoms with van der Waals surface area (Å²) < 4.78 is 16.4. The van der Waals surface area contributed by atoms with Gasteiger partial charge in [-0.3, -0.25) is 14.5 Å². The molecule has 9 heteroatoms. The maximum absolute atomic E-state index is 13.9. The summed E-state index contributed by atoms with van der Waals surface area (Å²) in [4.78, 5) is 56.5. The molecule has 2 amide bonds. The van der Waals surface area contributed by atoms with E-state index in [-0.39, 0.29) is 12.2 Å². The number of Topliss-reactive ketones (excluding diaryl/α,β-unsaturated/α-hetero) is 1. The fourth-order valence-electron chi connectivity index (χ4n) is 8.28. The average Bonchev–Trinajstić information content (AvgIpc) is 3.41. The molecule has 9 nitrogen and oxygen atoms in total. The van der Waals surface area contributed by atoms with E-state index in [9.17, 15) is 19.2 Å². The lowest BCUT2D eigenvalue weighted by Crippen LogP contribution is -2.79. The van der Waals surface area contributed by atoms with Crippen LogP contribution in [0.4, 0.5) is 10.5 Å². The third kappa shape index (κ3) is 2.24. The zero-order chi connectivity index (χ0) is 23.9. The van der Waals surface area contributed by atoms with Gasteiger partial charge in [0.1, 0.15) is 5.78 Å². The fourth-order valence-corrected chi connectivity index (χ4v) is 8.28. The van der Waals surface area contributed by atoms with Crippen LogP contribution in [0.5, 0.6) is 0 Å². The normalized spacial score (nSPS) is 35.1. The SMILES string of the molecule is COC(=O)N1c2c(ccc3c2COC3)[C@]23CC(=O)C[C@@]4(CCCN(C=O)[C@@H]42)CC[C@]13C(=O)OC. The number of carbonyl (C=O) groups excluding carboxylic acids is 4. The molecule has 2 bridgehead atoms. The molecule has 1 spiro atoms. The summed E-state index contributed by atoms with van der Waals surface area (Å²) in [7, 11) is 2.59. The number of esters is 1. The lowest BCUT2D eigenvalue weighted by Gasteiger charge is -2.66. The standard InChI is InChI=1S/C25H28N2O7/c1-32-21(30)25-8-7-23-6-3-9-26(14-28)20(23)24(25,11-16(29)10-23)18-5-4-15-12-34-13-17(15)19(18)27(25)22(31)33-2/h4-5,14,20H,3,6-13H2,1-2H3/t20-,23+,24+,25+/m0/s1. The lowest BCUT2D eigenvalue weighted by molar-refractivity contribution is -0.175. The van der Waals surface area contributed by atoms with Crippen LogP contribution in [0, 0.1) is 5.41 Å². The van der Waals surface area contributed by atoms with Gasteiger partial charge in [0.05, 0.1) is 44.6 Å². The Bertz CT molecular complexity index is 1130. The lowest BCUT2D eigenvalue weighted by atomic mass is 9.42. The molecule has 1 aromatic carbocycles. The van der Waals surface area contributed by atoms with E-state index in [0.717, 1.165) is 35.9 Å². The number of hydrogen-bond donors (Lipinski definition) is 0. The van der Waals surface area contributed by atoms with Crippen LogP contribution in [0.15, 0.2) is 12.1 Å². The summed E-state index contributed by atoms with van der Waals surface area (Å²) >= 11 is 0. The second kappa shape index (κ2) is 7.04. The smallest absolute Gasteiger partial charge is 0.415 e. The van der Waals surface area contributed by atoms with E-state index in [2.05, 4.69) is 0 Å². The van der Waals surface area contributed by atoms with Crippen LogP contribution in [-0.2, 0) is 47.2 Å².